The van der Waals surface area contributed by atoms with Crippen molar-refractivity contribution in [3.63, 3.8) is 0 Å². The van der Waals surface area contributed by atoms with Crippen molar-refractivity contribution in [1.82, 2.24) is 24.6 Å². The van der Waals surface area contributed by atoms with Gasteiger partial charge in [-0.05, 0) is 24.6 Å². The van der Waals surface area contributed by atoms with Crippen LogP contribution in [0.4, 0.5) is 10.5 Å². The minimum Gasteiger partial charge on any atom is -0.341 e. The van der Waals surface area contributed by atoms with Gasteiger partial charge in [-0.2, -0.15) is 5.10 Å². The molecule has 25 heavy (non-hydrogen) atoms. The number of hydrogen-bond acceptors (Lipinski definition) is 4. The van der Waals surface area contributed by atoms with Crippen LogP contribution >= 0.6 is 11.6 Å². The Labute approximate surface area is 150 Å². The number of amides is 3. The fraction of sp³-hybridized carbons (Fsp3) is 0.375. The van der Waals surface area contributed by atoms with Crippen LogP contribution in [0.3, 0.4) is 0 Å². The van der Waals surface area contributed by atoms with Crippen LogP contribution in [0.5, 0.6) is 0 Å². The van der Waals surface area contributed by atoms with Gasteiger partial charge in [-0.1, -0.05) is 11.6 Å². The van der Waals surface area contributed by atoms with Crippen molar-refractivity contribution in [3.05, 3.63) is 35.9 Å². The molecule has 2 heterocycles. The van der Waals surface area contributed by atoms with Crippen LogP contribution in [0, 0.1) is 0 Å². The molecule has 2 aromatic rings. The summed E-state index contributed by atoms with van der Waals surface area (Å²) >= 11 is 6.27. The number of hydrogen-bond donors (Lipinski definition) is 1. The molecule has 3 amide bonds. The van der Waals surface area contributed by atoms with Gasteiger partial charge in [0.05, 0.1) is 10.7 Å². The molecule has 0 radical (unpaired) electrons. The van der Waals surface area contributed by atoms with Crippen LogP contribution in [0.2, 0.25) is 5.02 Å². The first kappa shape index (κ1) is 17.2. The monoisotopic (exact) mass is 362 g/mol. The molecular weight excluding hydrogens is 344 g/mol. The van der Waals surface area contributed by atoms with E-state index in [1.807, 2.05) is 0 Å². The summed E-state index contributed by atoms with van der Waals surface area (Å²) in [5.41, 5.74) is 1.29. The van der Waals surface area contributed by atoms with Crippen molar-refractivity contribution in [2.24, 2.45) is 0 Å². The Morgan fingerprint density at radius 3 is 2.60 bits per heavy atom. The molecule has 0 spiro atoms. The van der Waals surface area contributed by atoms with Crippen molar-refractivity contribution < 1.29 is 9.59 Å². The van der Waals surface area contributed by atoms with Crippen molar-refractivity contribution in [2.75, 3.05) is 31.5 Å². The van der Waals surface area contributed by atoms with E-state index in [1.165, 1.54) is 6.33 Å². The van der Waals surface area contributed by atoms with E-state index in [-0.39, 0.29) is 11.9 Å². The van der Waals surface area contributed by atoms with Gasteiger partial charge < -0.3 is 15.1 Å². The Balaban J connectivity index is 1.65. The number of carbonyl (C=O) groups excluding carboxylic acids is 2. The molecule has 0 saturated carbocycles. The van der Waals surface area contributed by atoms with Gasteiger partial charge in [-0.15, -0.1) is 0 Å². The number of carbonyl (C=O) groups is 2. The van der Waals surface area contributed by atoms with Crippen molar-refractivity contribution >= 4 is 29.2 Å². The summed E-state index contributed by atoms with van der Waals surface area (Å²) in [4.78, 5) is 31.3. The van der Waals surface area contributed by atoms with Crippen LogP contribution in [-0.4, -0.2) is 62.7 Å². The number of anilines is 1. The molecule has 0 aliphatic carbocycles. The number of nitrogens with zero attached hydrogens (tertiary/aromatic N) is 5. The maximum atomic E-state index is 12.5. The second kappa shape index (κ2) is 7.52. The third kappa shape index (κ3) is 4.08. The van der Waals surface area contributed by atoms with E-state index in [1.54, 1.807) is 45.9 Å². The van der Waals surface area contributed by atoms with E-state index in [0.29, 0.717) is 42.6 Å². The van der Waals surface area contributed by atoms with Crippen LogP contribution in [-0.2, 0) is 4.79 Å². The van der Waals surface area contributed by atoms with Gasteiger partial charge in [-0.3, -0.25) is 4.79 Å². The first-order valence-electron chi connectivity index (χ1n) is 8.00. The summed E-state index contributed by atoms with van der Waals surface area (Å²) in [5, 5.41) is 7.35. The van der Waals surface area contributed by atoms with Gasteiger partial charge in [0.2, 0.25) is 5.91 Å². The normalized spacial score (nSPS) is 15.0. The molecule has 0 bridgehead atoms. The third-order valence-electron chi connectivity index (χ3n) is 4.09. The van der Waals surface area contributed by atoms with E-state index in [2.05, 4.69) is 15.4 Å². The fourth-order valence-corrected chi connectivity index (χ4v) is 3.01. The van der Waals surface area contributed by atoms with E-state index in [4.69, 9.17) is 11.6 Å². The minimum absolute atomic E-state index is 0.0396. The fourth-order valence-electron chi connectivity index (χ4n) is 2.74. The molecule has 8 nitrogen and oxygen atoms in total. The molecule has 0 atom stereocenters. The number of nitrogens with one attached hydrogen (secondary N) is 1. The van der Waals surface area contributed by atoms with Crippen LogP contribution in [0.1, 0.15) is 13.3 Å². The standard InChI is InChI=1S/C16H19ClN6O2/c1-12(24)21-5-2-6-22(8-7-21)16(25)20-13-3-4-15(14(17)9-13)23-11-18-10-19-23/h3-4,9-11H,2,5-8H2,1H3,(H,20,25). The number of aromatic nitrogens is 3. The summed E-state index contributed by atoms with van der Waals surface area (Å²) in [6.07, 6.45) is 3.74. The molecule has 1 aromatic heterocycles. The van der Waals surface area contributed by atoms with Crippen molar-refractivity contribution in [2.45, 2.75) is 13.3 Å². The Kier molecular flexibility index (Phi) is 5.18. The zero-order valence-corrected chi connectivity index (χ0v) is 14.6. The predicted molar refractivity (Wildman–Crippen MR) is 93.8 cm³/mol. The Morgan fingerprint density at radius 2 is 1.92 bits per heavy atom. The number of urea groups is 1. The summed E-state index contributed by atoms with van der Waals surface area (Å²) in [5.74, 6) is 0.0396. The molecule has 1 aliphatic heterocycles. The highest BCUT2D eigenvalue weighted by Crippen LogP contribution is 2.24. The quantitative estimate of drug-likeness (QED) is 0.885. The Hall–Kier alpha value is -2.61. The second-order valence-corrected chi connectivity index (χ2v) is 6.19. The minimum atomic E-state index is -0.199. The summed E-state index contributed by atoms with van der Waals surface area (Å²) in [6.45, 7) is 3.90. The lowest BCUT2D eigenvalue weighted by Crippen LogP contribution is -2.38. The molecule has 1 fully saturated rings. The number of rotatable bonds is 2. The summed E-state index contributed by atoms with van der Waals surface area (Å²) < 4.78 is 1.55. The van der Waals surface area contributed by atoms with E-state index < -0.39 is 0 Å². The molecule has 132 valence electrons. The van der Waals surface area contributed by atoms with Crippen LogP contribution in [0.15, 0.2) is 30.9 Å². The molecule has 9 heteroatoms. The van der Waals surface area contributed by atoms with Crippen LogP contribution in [0.25, 0.3) is 5.69 Å². The molecule has 3 rings (SSSR count). The average molecular weight is 363 g/mol. The zero-order valence-electron chi connectivity index (χ0n) is 13.9. The van der Waals surface area contributed by atoms with Gasteiger partial charge in [0.25, 0.3) is 0 Å². The topological polar surface area (TPSA) is 83.4 Å². The van der Waals surface area contributed by atoms with Gasteiger partial charge in [-0.25, -0.2) is 14.5 Å². The van der Waals surface area contributed by atoms with E-state index in [9.17, 15) is 9.59 Å². The molecule has 1 aromatic carbocycles. The van der Waals surface area contributed by atoms with E-state index >= 15 is 0 Å². The lowest BCUT2D eigenvalue weighted by Gasteiger charge is -2.22. The second-order valence-electron chi connectivity index (χ2n) is 5.78. The van der Waals surface area contributed by atoms with Gasteiger partial charge >= 0.3 is 6.03 Å². The zero-order chi connectivity index (χ0) is 17.8. The van der Waals surface area contributed by atoms with Crippen LogP contribution < -0.4 is 5.32 Å². The summed E-state index contributed by atoms with van der Waals surface area (Å²) in [7, 11) is 0. The van der Waals surface area contributed by atoms with Crippen molar-refractivity contribution in [1.29, 1.82) is 0 Å². The lowest BCUT2D eigenvalue weighted by molar-refractivity contribution is -0.128. The van der Waals surface area contributed by atoms with Gasteiger partial charge in [0.15, 0.2) is 0 Å². The number of benzene rings is 1. The Morgan fingerprint density at radius 1 is 1.16 bits per heavy atom. The highest BCUT2D eigenvalue weighted by atomic mass is 35.5. The molecular formula is C16H19ClN6O2. The van der Waals surface area contributed by atoms with E-state index in [0.717, 1.165) is 6.42 Å². The number of halogens is 1. The highest BCUT2D eigenvalue weighted by Gasteiger charge is 2.20. The molecule has 1 saturated heterocycles. The first-order valence-corrected chi connectivity index (χ1v) is 8.38. The lowest BCUT2D eigenvalue weighted by atomic mass is 10.3. The molecule has 1 N–H and O–H groups in total. The average Bonchev–Trinajstić information content (AvgIpc) is 2.98. The smallest absolute Gasteiger partial charge is 0.321 e. The Bertz CT molecular complexity index is 764. The highest BCUT2D eigenvalue weighted by molar-refractivity contribution is 6.32. The molecule has 0 unspecified atom stereocenters. The SMILES string of the molecule is CC(=O)N1CCCN(C(=O)Nc2ccc(-n3cncn3)c(Cl)c2)CC1. The third-order valence-corrected chi connectivity index (χ3v) is 4.40. The van der Waals surface area contributed by atoms with Crippen molar-refractivity contribution in [3.8, 4) is 5.69 Å². The maximum Gasteiger partial charge on any atom is 0.321 e. The first-order chi connectivity index (χ1) is 12.0. The maximum absolute atomic E-state index is 12.5. The summed E-state index contributed by atoms with van der Waals surface area (Å²) in [6, 6.07) is 5.01. The van der Waals surface area contributed by atoms with Gasteiger partial charge in [0, 0.05) is 38.8 Å². The predicted octanol–water partition coefficient (Wildman–Crippen LogP) is 2.01. The molecule has 1 aliphatic rings. The van der Waals surface area contributed by atoms with Gasteiger partial charge in [0.1, 0.15) is 12.7 Å². The largest absolute Gasteiger partial charge is 0.341 e.